The van der Waals surface area contributed by atoms with E-state index in [9.17, 15) is 0 Å². The van der Waals surface area contributed by atoms with Gasteiger partial charge in [0.1, 0.15) is 11.9 Å². The molecule has 21 heavy (non-hydrogen) atoms. The summed E-state index contributed by atoms with van der Waals surface area (Å²) in [6.07, 6.45) is -0.345. The van der Waals surface area contributed by atoms with Gasteiger partial charge in [0.15, 0.2) is 5.82 Å². The van der Waals surface area contributed by atoms with Crippen molar-refractivity contribution in [2.24, 2.45) is 0 Å². The standard InChI is InChI=1S/C15H18BrN3O2/c1-3-21-13(10-7-5-4-6-8-10)15-18-11(9-20-2)12(16)14(17)19-15/h4-8,13H,3,9H2,1-2H3,(H2,17,18,19). The third-order valence-corrected chi connectivity index (χ3v) is 3.78. The van der Waals surface area contributed by atoms with E-state index in [1.807, 2.05) is 37.3 Å². The molecule has 0 saturated heterocycles. The Kier molecular flexibility index (Phi) is 5.67. The topological polar surface area (TPSA) is 70.3 Å². The molecule has 2 aromatic rings. The lowest BCUT2D eigenvalue weighted by Gasteiger charge is -2.18. The second-order valence-electron chi connectivity index (χ2n) is 4.41. The quantitative estimate of drug-likeness (QED) is 0.865. The maximum absolute atomic E-state index is 5.95. The molecular weight excluding hydrogens is 334 g/mol. The van der Waals surface area contributed by atoms with Crippen molar-refractivity contribution >= 4 is 21.7 Å². The number of ether oxygens (including phenoxy) is 2. The minimum Gasteiger partial charge on any atom is -0.383 e. The molecule has 112 valence electrons. The van der Waals surface area contributed by atoms with Crippen molar-refractivity contribution in [2.45, 2.75) is 19.6 Å². The van der Waals surface area contributed by atoms with E-state index in [1.165, 1.54) is 0 Å². The number of benzene rings is 1. The Hall–Kier alpha value is -1.50. The molecule has 1 heterocycles. The van der Waals surface area contributed by atoms with Crippen molar-refractivity contribution in [3.8, 4) is 0 Å². The average molecular weight is 352 g/mol. The number of halogens is 1. The van der Waals surface area contributed by atoms with Gasteiger partial charge in [0.05, 0.1) is 16.8 Å². The number of methoxy groups -OCH3 is 1. The predicted octanol–water partition coefficient (Wildman–Crippen LogP) is 3.09. The van der Waals surface area contributed by atoms with Gasteiger partial charge in [0.25, 0.3) is 0 Å². The highest BCUT2D eigenvalue weighted by atomic mass is 79.9. The van der Waals surface area contributed by atoms with Crippen LogP contribution in [0, 0.1) is 0 Å². The van der Waals surface area contributed by atoms with Gasteiger partial charge < -0.3 is 15.2 Å². The van der Waals surface area contributed by atoms with Crippen LogP contribution in [0.2, 0.25) is 0 Å². The Morgan fingerprint density at radius 3 is 2.57 bits per heavy atom. The van der Waals surface area contributed by atoms with Gasteiger partial charge in [-0.1, -0.05) is 30.3 Å². The number of nitrogens with zero attached hydrogens (tertiary/aromatic N) is 2. The average Bonchev–Trinajstić information content (AvgIpc) is 2.50. The van der Waals surface area contributed by atoms with E-state index in [1.54, 1.807) is 7.11 Å². The maximum Gasteiger partial charge on any atom is 0.164 e. The SMILES string of the molecule is CCOC(c1ccccc1)c1nc(N)c(Br)c(COC)n1. The van der Waals surface area contributed by atoms with Gasteiger partial charge >= 0.3 is 0 Å². The number of hydrogen-bond acceptors (Lipinski definition) is 5. The maximum atomic E-state index is 5.95. The number of anilines is 1. The number of nitrogen functional groups attached to an aromatic ring is 1. The fourth-order valence-electron chi connectivity index (χ4n) is 2.00. The highest BCUT2D eigenvalue weighted by Crippen LogP contribution is 2.28. The summed E-state index contributed by atoms with van der Waals surface area (Å²) in [5, 5.41) is 0. The molecule has 0 bridgehead atoms. The second-order valence-corrected chi connectivity index (χ2v) is 5.20. The highest BCUT2D eigenvalue weighted by molar-refractivity contribution is 9.10. The third-order valence-electron chi connectivity index (χ3n) is 2.91. The summed E-state index contributed by atoms with van der Waals surface area (Å²) in [4.78, 5) is 8.88. The van der Waals surface area contributed by atoms with Crippen LogP contribution in [0.3, 0.4) is 0 Å². The van der Waals surface area contributed by atoms with Crippen LogP contribution in [0.25, 0.3) is 0 Å². The second kappa shape index (κ2) is 7.49. The molecule has 0 aliphatic carbocycles. The Morgan fingerprint density at radius 1 is 1.24 bits per heavy atom. The minimum absolute atomic E-state index is 0.345. The number of aromatic nitrogens is 2. The molecule has 1 unspecified atom stereocenters. The van der Waals surface area contributed by atoms with Gasteiger partial charge in [-0.15, -0.1) is 0 Å². The van der Waals surface area contributed by atoms with Crippen LogP contribution in [-0.2, 0) is 16.1 Å². The van der Waals surface area contributed by atoms with Gasteiger partial charge in [0, 0.05) is 13.7 Å². The normalized spacial score (nSPS) is 12.3. The van der Waals surface area contributed by atoms with E-state index in [0.717, 1.165) is 5.56 Å². The molecule has 2 N–H and O–H groups in total. The molecule has 0 fully saturated rings. The third kappa shape index (κ3) is 3.78. The molecule has 5 nitrogen and oxygen atoms in total. The molecule has 1 atom stereocenters. The van der Waals surface area contributed by atoms with Crippen molar-refractivity contribution in [3.05, 3.63) is 51.9 Å². The lowest BCUT2D eigenvalue weighted by atomic mass is 10.1. The van der Waals surface area contributed by atoms with Crippen LogP contribution in [0.5, 0.6) is 0 Å². The van der Waals surface area contributed by atoms with Gasteiger partial charge in [-0.2, -0.15) is 0 Å². The first-order valence-electron chi connectivity index (χ1n) is 6.64. The van der Waals surface area contributed by atoms with Gasteiger partial charge in [-0.3, -0.25) is 0 Å². The summed E-state index contributed by atoms with van der Waals surface area (Å²) in [5.41, 5.74) is 7.65. The molecular formula is C15H18BrN3O2. The van der Waals surface area contributed by atoms with E-state index in [4.69, 9.17) is 15.2 Å². The van der Waals surface area contributed by atoms with Crippen LogP contribution >= 0.6 is 15.9 Å². The lowest BCUT2D eigenvalue weighted by molar-refractivity contribution is 0.0845. The first kappa shape index (κ1) is 15.9. The first-order valence-corrected chi connectivity index (χ1v) is 7.44. The fraction of sp³-hybridized carbons (Fsp3) is 0.333. The van der Waals surface area contributed by atoms with Crippen molar-refractivity contribution in [2.75, 3.05) is 19.5 Å². The van der Waals surface area contributed by atoms with Crippen LogP contribution in [0.15, 0.2) is 34.8 Å². The Morgan fingerprint density at radius 2 is 1.95 bits per heavy atom. The fourth-order valence-corrected chi connectivity index (χ4v) is 2.29. The lowest BCUT2D eigenvalue weighted by Crippen LogP contribution is -2.14. The largest absolute Gasteiger partial charge is 0.383 e. The molecule has 0 amide bonds. The van der Waals surface area contributed by atoms with Crippen molar-refractivity contribution in [1.82, 2.24) is 9.97 Å². The predicted molar refractivity (Wildman–Crippen MR) is 84.8 cm³/mol. The summed E-state index contributed by atoms with van der Waals surface area (Å²) in [7, 11) is 1.61. The van der Waals surface area contributed by atoms with Crippen LogP contribution in [0.1, 0.15) is 30.1 Å². The number of rotatable bonds is 6. The van der Waals surface area contributed by atoms with Gasteiger partial charge in [-0.25, -0.2) is 9.97 Å². The van der Waals surface area contributed by atoms with Crippen molar-refractivity contribution in [1.29, 1.82) is 0 Å². The van der Waals surface area contributed by atoms with Gasteiger partial charge in [0.2, 0.25) is 0 Å². The van der Waals surface area contributed by atoms with E-state index in [0.29, 0.717) is 35.0 Å². The molecule has 0 aliphatic rings. The van der Waals surface area contributed by atoms with Crippen molar-refractivity contribution < 1.29 is 9.47 Å². The number of nitrogens with two attached hydrogens (primary N) is 1. The molecule has 0 saturated carbocycles. The molecule has 1 aromatic heterocycles. The van der Waals surface area contributed by atoms with Crippen LogP contribution in [0.4, 0.5) is 5.82 Å². The Bertz CT molecular complexity index is 593. The monoisotopic (exact) mass is 351 g/mol. The zero-order valence-corrected chi connectivity index (χ0v) is 13.6. The molecule has 0 radical (unpaired) electrons. The summed E-state index contributed by atoms with van der Waals surface area (Å²) >= 11 is 3.39. The zero-order valence-electron chi connectivity index (χ0n) is 12.0. The Labute approximate surface area is 132 Å². The first-order chi connectivity index (χ1) is 10.2. The van der Waals surface area contributed by atoms with Gasteiger partial charge in [-0.05, 0) is 28.4 Å². The van der Waals surface area contributed by atoms with Crippen LogP contribution in [-0.4, -0.2) is 23.7 Å². The molecule has 6 heteroatoms. The zero-order chi connectivity index (χ0) is 15.2. The Balaban J connectivity index is 2.45. The number of hydrogen-bond donors (Lipinski definition) is 1. The molecule has 2 rings (SSSR count). The van der Waals surface area contributed by atoms with E-state index >= 15 is 0 Å². The highest BCUT2D eigenvalue weighted by Gasteiger charge is 2.20. The summed E-state index contributed by atoms with van der Waals surface area (Å²) in [5.74, 6) is 0.920. The molecule has 0 aliphatic heterocycles. The summed E-state index contributed by atoms with van der Waals surface area (Å²) in [6.45, 7) is 2.85. The molecule has 1 aromatic carbocycles. The van der Waals surface area contributed by atoms with E-state index in [2.05, 4.69) is 25.9 Å². The minimum atomic E-state index is -0.345. The summed E-state index contributed by atoms with van der Waals surface area (Å²) in [6, 6.07) is 9.84. The molecule has 0 spiro atoms. The summed E-state index contributed by atoms with van der Waals surface area (Å²) < 4.78 is 11.6. The van der Waals surface area contributed by atoms with Crippen LogP contribution < -0.4 is 5.73 Å². The van der Waals surface area contributed by atoms with Crippen molar-refractivity contribution in [3.63, 3.8) is 0 Å². The van der Waals surface area contributed by atoms with E-state index in [-0.39, 0.29) is 6.10 Å². The smallest absolute Gasteiger partial charge is 0.164 e. The van der Waals surface area contributed by atoms with E-state index < -0.39 is 0 Å².